The fourth-order valence-electron chi connectivity index (χ4n) is 1.92. The summed E-state index contributed by atoms with van der Waals surface area (Å²) in [5, 5.41) is 4.91. The average Bonchev–Trinajstić information content (AvgIpc) is 2.48. The van der Waals surface area contributed by atoms with Crippen molar-refractivity contribution in [2.24, 2.45) is 5.14 Å². The molecule has 0 bridgehead atoms. The van der Waals surface area contributed by atoms with Gasteiger partial charge in [-0.3, -0.25) is 0 Å². The lowest BCUT2D eigenvalue weighted by atomic mass is 10.1. The van der Waals surface area contributed by atoms with Crippen LogP contribution in [0, 0.1) is 0 Å². The molecule has 2 rings (SSSR count). The number of rotatable bonds is 5. The van der Waals surface area contributed by atoms with Crippen molar-refractivity contribution in [3.63, 3.8) is 0 Å². The number of nitrogens with zero attached hydrogens (tertiary/aromatic N) is 1. The number of nitrogens with two attached hydrogens (primary N) is 1. The van der Waals surface area contributed by atoms with Crippen LogP contribution in [-0.4, -0.2) is 21.8 Å². The van der Waals surface area contributed by atoms with Gasteiger partial charge in [0.05, 0.1) is 4.90 Å². The van der Waals surface area contributed by atoms with Gasteiger partial charge in [-0.1, -0.05) is 23.7 Å². The number of aromatic nitrogens is 1. The molecule has 3 N–H and O–H groups in total. The summed E-state index contributed by atoms with van der Waals surface area (Å²) in [5.41, 5.74) is 0.434. The highest BCUT2D eigenvalue weighted by Crippen LogP contribution is 2.25. The second-order valence-corrected chi connectivity index (χ2v) is 9.42. The minimum Gasteiger partial charge on any atom is -0.242 e. The molecule has 1 aromatic heterocycles. The van der Waals surface area contributed by atoms with E-state index < -0.39 is 26.1 Å². The quantitative estimate of drug-likeness (QED) is 0.671. The Bertz CT molecular complexity index is 980. The molecule has 11 heteroatoms. The first-order chi connectivity index (χ1) is 11.0. The number of pyridine rings is 1. The summed E-state index contributed by atoms with van der Waals surface area (Å²) < 4.78 is 50.6. The van der Waals surface area contributed by atoms with Gasteiger partial charge in [0.2, 0.25) is 20.0 Å². The highest BCUT2D eigenvalue weighted by molar-refractivity contribution is 9.10. The molecule has 0 saturated carbocycles. The monoisotopic (exact) mass is 453 g/mol. The van der Waals surface area contributed by atoms with Crippen molar-refractivity contribution in [1.29, 1.82) is 0 Å². The summed E-state index contributed by atoms with van der Waals surface area (Å²) in [6.07, 6.45) is 1.38. The molecule has 24 heavy (non-hydrogen) atoms. The third-order valence-electron chi connectivity index (χ3n) is 3.08. The molecule has 1 heterocycles. The van der Waals surface area contributed by atoms with E-state index in [0.717, 1.165) is 0 Å². The third-order valence-corrected chi connectivity index (χ3v) is 6.39. The van der Waals surface area contributed by atoms with Crippen LogP contribution in [-0.2, 0) is 20.0 Å². The predicted octanol–water partition coefficient (Wildman–Crippen LogP) is 2.18. The standard InChI is InChI=1S/C13H13BrClN3O4S2/c1-8(9-3-2-4-11(5-9)23(16,19)20)18-24(21,22)12-6-10(14)7-17-13(12)15/h2-8,18H,1H3,(H2,16,19,20). The van der Waals surface area contributed by atoms with Gasteiger partial charge in [0.25, 0.3) is 0 Å². The van der Waals surface area contributed by atoms with E-state index in [-0.39, 0.29) is 14.9 Å². The Balaban J connectivity index is 2.35. The maximum Gasteiger partial charge on any atom is 0.244 e. The van der Waals surface area contributed by atoms with Gasteiger partial charge in [-0.2, -0.15) is 0 Å². The summed E-state index contributed by atoms with van der Waals surface area (Å²) in [5.74, 6) is 0. The van der Waals surface area contributed by atoms with Gasteiger partial charge in [0.15, 0.2) is 0 Å². The molecule has 7 nitrogen and oxygen atoms in total. The molecule has 0 aliphatic carbocycles. The van der Waals surface area contributed by atoms with E-state index in [1.807, 2.05) is 0 Å². The molecule has 0 saturated heterocycles. The zero-order valence-electron chi connectivity index (χ0n) is 12.3. The minimum atomic E-state index is -3.96. The first kappa shape index (κ1) is 19.3. The van der Waals surface area contributed by atoms with Crippen LogP contribution in [0.25, 0.3) is 0 Å². The molecular weight excluding hydrogens is 442 g/mol. The van der Waals surface area contributed by atoms with Crippen LogP contribution in [0.1, 0.15) is 18.5 Å². The molecule has 130 valence electrons. The van der Waals surface area contributed by atoms with Crippen molar-refractivity contribution in [1.82, 2.24) is 9.71 Å². The maximum absolute atomic E-state index is 12.5. The van der Waals surface area contributed by atoms with Gasteiger partial charge in [-0.05, 0) is 46.6 Å². The van der Waals surface area contributed by atoms with Crippen LogP contribution in [0.5, 0.6) is 0 Å². The van der Waals surface area contributed by atoms with Crippen molar-refractivity contribution < 1.29 is 16.8 Å². The number of hydrogen-bond donors (Lipinski definition) is 2. The lowest BCUT2D eigenvalue weighted by Gasteiger charge is -2.16. The van der Waals surface area contributed by atoms with Gasteiger partial charge in [0.1, 0.15) is 10.0 Å². The fraction of sp³-hybridized carbons (Fsp3) is 0.154. The topological polar surface area (TPSA) is 119 Å². The van der Waals surface area contributed by atoms with Crippen LogP contribution in [0.4, 0.5) is 0 Å². The molecule has 1 aromatic carbocycles. The Labute approximate surface area is 153 Å². The number of benzene rings is 1. The summed E-state index contributed by atoms with van der Waals surface area (Å²) in [4.78, 5) is 3.48. The van der Waals surface area contributed by atoms with E-state index in [1.165, 1.54) is 30.5 Å². The molecule has 0 spiro atoms. The molecule has 0 fully saturated rings. The summed E-state index contributed by atoms with van der Waals surface area (Å²) in [7, 11) is -7.85. The predicted molar refractivity (Wildman–Crippen MR) is 93.5 cm³/mol. The molecule has 0 aliphatic heterocycles. The largest absolute Gasteiger partial charge is 0.244 e. The Morgan fingerprint density at radius 1 is 1.25 bits per heavy atom. The SMILES string of the molecule is CC(NS(=O)(=O)c1cc(Br)cnc1Cl)c1cccc(S(N)(=O)=O)c1. The van der Waals surface area contributed by atoms with Crippen molar-refractivity contribution in [2.75, 3.05) is 0 Å². The number of hydrogen-bond acceptors (Lipinski definition) is 5. The summed E-state index contributed by atoms with van der Waals surface area (Å²) in [6, 6.07) is 6.31. The highest BCUT2D eigenvalue weighted by atomic mass is 79.9. The van der Waals surface area contributed by atoms with Crippen molar-refractivity contribution in [3.05, 3.63) is 51.7 Å². The second kappa shape index (κ2) is 7.06. The highest BCUT2D eigenvalue weighted by Gasteiger charge is 2.23. The summed E-state index contributed by atoms with van der Waals surface area (Å²) in [6.45, 7) is 1.57. The third kappa shape index (κ3) is 4.52. The Morgan fingerprint density at radius 2 is 1.92 bits per heavy atom. The smallest absolute Gasteiger partial charge is 0.242 e. The first-order valence-corrected chi connectivity index (χ1v) is 10.7. The maximum atomic E-state index is 12.5. The van der Waals surface area contributed by atoms with E-state index in [0.29, 0.717) is 10.0 Å². The Kier molecular flexibility index (Phi) is 5.68. The van der Waals surface area contributed by atoms with Crippen molar-refractivity contribution in [2.45, 2.75) is 22.8 Å². The molecule has 0 amide bonds. The van der Waals surface area contributed by atoms with Crippen LogP contribution in [0.15, 0.2) is 50.8 Å². The van der Waals surface area contributed by atoms with Crippen molar-refractivity contribution in [3.8, 4) is 0 Å². The second-order valence-electron chi connectivity index (χ2n) is 4.90. The van der Waals surface area contributed by atoms with Crippen LogP contribution >= 0.6 is 27.5 Å². The van der Waals surface area contributed by atoms with Crippen LogP contribution < -0.4 is 9.86 Å². The van der Waals surface area contributed by atoms with E-state index in [2.05, 4.69) is 25.6 Å². The van der Waals surface area contributed by atoms with Gasteiger partial charge < -0.3 is 0 Å². The van der Waals surface area contributed by atoms with Gasteiger partial charge in [0, 0.05) is 16.7 Å². The minimum absolute atomic E-state index is 0.104. The zero-order chi connectivity index (χ0) is 18.1. The van der Waals surface area contributed by atoms with E-state index in [4.69, 9.17) is 16.7 Å². The molecule has 1 atom stereocenters. The summed E-state index contributed by atoms with van der Waals surface area (Å²) >= 11 is 8.99. The number of halogens is 2. The van der Waals surface area contributed by atoms with Gasteiger partial charge >= 0.3 is 0 Å². The van der Waals surface area contributed by atoms with E-state index in [1.54, 1.807) is 13.0 Å². The number of nitrogens with one attached hydrogen (secondary N) is 1. The molecular formula is C13H13BrClN3O4S2. The zero-order valence-corrected chi connectivity index (χ0v) is 16.2. The lowest BCUT2D eigenvalue weighted by molar-refractivity contribution is 0.566. The van der Waals surface area contributed by atoms with Gasteiger partial charge in [-0.25, -0.2) is 31.7 Å². The number of sulfonamides is 2. The first-order valence-electron chi connectivity index (χ1n) is 6.47. The van der Waals surface area contributed by atoms with E-state index in [9.17, 15) is 16.8 Å². The molecule has 0 radical (unpaired) electrons. The van der Waals surface area contributed by atoms with E-state index >= 15 is 0 Å². The van der Waals surface area contributed by atoms with Gasteiger partial charge in [-0.15, -0.1) is 0 Å². The fourth-order valence-corrected chi connectivity index (χ4v) is 4.66. The molecule has 0 aliphatic rings. The Hall–Kier alpha value is -1.04. The number of primary sulfonamides is 1. The average molecular weight is 455 g/mol. The normalized spacial score (nSPS) is 13.7. The van der Waals surface area contributed by atoms with Crippen LogP contribution in [0.2, 0.25) is 5.15 Å². The Morgan fingerprint density at radius 3 is 2.54 bits per heavy atom. The van der Waals surface area contributed by atoms with Crippen molar-refractivity contribution >= 4 is 47.6 Å². The lowest BCUT2D eigenvalue weighted by Crippen LogP contribution is -2.27. The van der Waals surface area contributed by atoms with Crippen LogP contribution in [0.3, 0.4) is 0 Å². The molecule has 1 unspecified atom stereocenters. The molecule has 2 aromatic rings.